The molecular formula is C14H20N2O. The van der Waals surface area contributed by atoms with Crippen LogP contribution in [0.2, 0.25) is 0 Å². The third-order valence-corrected chi connectivity index (χ3v) is 3.97. The van der Waals surface area contributed by atoms with Crippen LogP contribution in [0.15, 0.2) is 18.2 Å². The first-order valence-corrected chi connectivity index (χ1v) is 6.42. The first kappa shape index (κ1) is 11.1. The van der Waals surface area contributed by atoms with Crippen LogP contribution in [0.25, 0.3) is 0 Å². The van der Waals surface area contributed by atoms with E-state index in [9.17, 15) is 0 Å². The smallest absolute Gasteiger partial charge is 0.119 e. The van der Waals surface area contributed by atoms with Crippen molar-refractivity contribution in [3.8, 4) is 5.75 Å². The normalized spacial score (nSPS) is 24.5. The van der Waals surface area contributed by atoms with E-state index in [-0.39, 0.29) is 0 Å². The topological polar surface area (TPSA) is 38.5 Å². The Bertz CT molecular complexity index is 415. The number of fused-ring (bicyclic) bond motifs is 1. The molecule has 3 rings (SSSR count). The van der Waals surface area contributed by atoms with Crippen LogP contribution < -0.4 is 10.5 Å². The molecule has 1 aliphatic carbocycles. The summed E-state index contributed by atoms with van der Waals surface area (Å²) in [5.74, 6) is 1.41. The van der Waals surface area contributed by atoms with Gasteiger partial charge in [0.05, 0.1) is 7.11 Å². The van der Waals surface area contributed by atoms with E-state index >= 15 is 0 Å². The molecule has 2 N–H and O–H groups in total. The second-order valence-corrected chi connectivity index (χ2v) is 5.16. The molecule has 3 nitrogen and oxygen atoms in total. The lowest BCUT2D eigenvalue weighted by Crippen LogP contribution is -2.37. The van der Waals surface area contributed by atoms with Gasteiger partial charge >= 0.3 is 0 Å². The van der Waals surface area contributed by atoms with Crippen molar-refractivity contribution in [3.63, 3.8) is 0 Å². The third-order valence-electron chi connectivity index (χ3n) is 3.97. The maximum absolute atomic E-state index is 5.92. The van der Waals surface area contributed by atoms with Crippen LogP contribution in [0.1, 0.15) is 29.9 Å². The number of nitrogens with two attached hydrogens (primary N) is 1. The summed E-state index contributed by atoms with van der Waals surface area (Å²) in [4.78, 5) is 2.59. The van der Waals surface area contributed by atoms with Gasteiger partial charge in [0.15, 0.2) is 0 Å². The Morgan fingerprint density at radius 2 is 2.24 bits per heavy atom. The minimum Gasteiger partial charge on any atom is -0.497 e. The van der Waals surface area contributed by atoms with Crippen LogP contribution in [-0.2, 0) is 6.54 Å². The number of nitrogens with zero attached hydrogens (tertiary/aromatic N) is 1. The van der Waals surface area contributed by atoms with Gasteiger partial charge in [0.25, 0.3) is 0 Å². The molecule has 92 valence electrons. The molecule has 1 aliphatic heterocycles. The van der Waals surface area contributed by atoms with Gasteiger partial charge in [0.1, 0.15) is 5.75 Å². The van der Waals surface area contributed by atoms with E-state index in [0.717, 1.165) is 31.4 Å². The van der Waals surface area contributed by atoms with Crippen molar-refractivity contribution >= 4 is 0 Å². The van der Waals surface area contributed by atoms with Gasteiger partial charge < -0.3 is 10.5 Å². The predicted octanol–water partition coefficient (Wildman–Crippen LogP) is 1.72. The molecule has 1 aromatic carbocycles. The fourth-order valence-electron chi connectivity index (χ4n) is 2.81. The summed E-state index contributed by atoms with van der Waals surface area (Å²) in [6.45, 7) is 2.92. The van der Waals surface area contributed by atoms with Gasteiger partial charge in [0.2, 0.25) is 0 Å². The zero-order valence-corrected chi connectivity index (χ0v) is 10.4. The minimum atomic E-state index is 0.467. The zero-order valence-electron chi connectivity index (χ0n) is 10.4. The van der Waals surface area contributed by atoms with E-state index in [4.69, 9.17) is 10.5 Å². The van der Waals surface area contributed by atoms with E-state index in [1.807, 2.05) is 0 Å². The number of hydrogen-bond acceptors (Lipinski definition) is 3. The van der Waals surface area contributed by atoms with Gasteiger partial charge in [-0.3, -0.25) is 4.90 Å². The molecule has 0 aromatic heterocycles. The summed E-state index contributed by atoms with van der Waals surface area (Å²) in [5, 5.41) is 0. The average Bonchev–Trinajstić information content (AvgIpc) is 3.21. The van der Waals surface area contributed by atoms with Crippen molar-refractivity contribution in [2.45, 2.75) is 31.3 Å². The highest BCUT2D eigenvalue weighted by Gasteiger charge is 2.34. The number of methoxy groups -OCH3 is 1. The van der Waals surface area contributed by atoms with E-state index in [1.165, 1.54) is 24.0 Å². The molecule has 0 spiro atoms. The molecule has 0 bridgehead atoms. The molecule has 1 fully saturated rings. The second-order valence-electron chi connectivity index (χ2n) is 5.16. The molecular weight excluding hydrogens is 212 g/mol. The Balaban J connectivity index is 1.91. The Labute approximate surface area is 103 Å². The average molecular weight is 232 g/mol. The lowest BCUT2D eigenvalue weighted by Gasteiger charge is -2.34. The van der Waals surface area contributed by atoms with Crippen LogP contribution in [0.3, 0.4) is 0 Å². The van der Waals surface area contributed by atoms with Crippen molar-refractivity contribution in [1.29, 1.82) is 0 Å². The molecule has 17 heavy (non-hydrogen) atoms. The first-order valence-electron chi connectivity index (χ1n) is 6.42. The highest BCUT2D eigenvalue weighted by atomic mass is 16.5. The lowest BCUT2D eigenvalue weighted by atomic mass is 9.89. The fourth-order valence-corrected chi connectivity index (χ4v) is 2.81. The van der Waals surface area contributed by atoms with Gasteiger partial charge in [-0.2, -0.15) is 0 Å². The number of ether oxygens (including phenoxy) is 1. The summed E-state index contributed by atoms with van der Waals surface area (Å²) in [6, 6.07) is 7.24. The molecule has 0 amide bonds. The van der Waals surface area contributed by atoms with Gasteiger partial charge in [-0.15, -0.1) is 0 Å². The Kier molecular flexibility index (Phi) is 2.81. The zero-order chi connectivity index (χ0) is 11.8. The highest BCUT2D eigenvalue weighted by Crippen LogP contribution is 2.36. The summed E-state index contributed by atoms with van der Waals surface area (Å²) < 4.78 is 5.31. The summed E-state index contributed by atoms with van der Waals surface area (Å²) in [5.41, 5.74) is 8.75. The third kappa shape index (κ3) is 2.05. The molecule has 1 saturated carbocycles. The maximum Gasteiger partial charge on any atom is 0.119 e. The standard InChI is InChI=1S/C14H20N2O/c1-17-13-5-2-10-8-16(12-3-4-12)9-11(7-15)14(10)6-13/h2,5-6,11-12H,3-4,7-9,15H2,1H3. The van der Waals surface area contributed by atoms with E-state index in [0.29, 0.717) is 5.92 Å². The summed E-state index contributed by atoms with van der Waals surface area (Å²) in [6.07, 6.45) is 2.73. The first-order chi connectivity index (χ1) is 8.31. The van der Waals surface area contributed by atoms with Gasteiger partial charge in [0, 0.05) is 31.6 Å². The molecule has 1 aromatic rings. The van der Waals surface area contributed by atoms with Crippen molar-refractivity contribution in [1.82, 2.24) is 4.90 Å². The molecule has 2 aliphatic rings. The van der Waals surface area contributed by atoms with Crippen molar-refractivity contribution in [3.05, 3.63) is 29.3 Å². The van der Waals surface area contributed by atoms with E-state index in [2.05, 4.69) is 23.1 Å². The van der Waals surface area contributed by atoms with Crippen LogP contribution in [0, 0.1) is 0 Å². The second kappa shape index (κ2) is 4.31. The van der Waals surface area contributed by atoms with Gasteiger partial charge in [-0.25, -0.2) is 0 Å². The van der Waals surface area contributed by atoms with E-state index < -0.39 is 0 Å². The Morgan fingerprint density at radius 3 is 2.88 bits per heavy atom. The van der Waals surface area contributed by atoms with Crippen LogP contribution in [-0.4, -0.2) is 31.1 Å². The number of rotatable bonds is 3. The molecule has 3 heteroatoms. The summed E-state index contributed by atoms with van der Waals surface area (Å²) in [7, 11) is 1.72. The largest absolute Gasteiger partial charge is 0.497 e. The lowest BCUT2D eigenvalue weighted by molar-refractivity contribution is 0.221. The predicted molar refractivity (Wildman–Crippen MR) is 68.2 cm³/mol. The van der Waals surface area contributed by atoms with Crippen molar-refractivity contribution in [2.75, 3.05) is 20.2 Å². The fraction of sp³-hybridized carbons (Fsp3) is 0.571. The number of hydrogen-bond donors (Lipinski definition) is 1. The van der Waals surface area contributed by atoms with Crippen molar-refractivity contribution < 1.29 is 4.74 Å². The van der Waals surface area contributed by atoms with Crippen LogP contribution in [0.4, 0.5) is 0 Å². The number of benzene rings is 1. The Hall–Kier alpha value is -1.06. The monoisotopic (exact) mass is 232 g/mol. The molecule has 1 unspecified atom stereocenters. The van der Waals surface area contributed by atoms with Crippen molar-refractivity contribution in [2.24, 2.45) is 5.73 Å². The summed E-state index contributed by atoms with van der Waals surface area (Å²) >= 11 is 0. The van der Waals surface area contributed by atoms with Gasteiger partial charge in [-0.1, -0.05) is 6.07 Å². The SMILES string of the molecule is COc1ccc2c(c1)C(CN)CN(C1CC1)C2. The molecule has 1 heterocycles. The maximum atomic E-state index is 5.92. The van der Waals surface area contributed by atoms with Crippen LogP contribution >= 0.6 is 0 Å². The highest BCUT2D eigenvalue weighted by molar-refractivity contribution is 5.40. The van der Waals surface area contributed by atoms with E-state index in [1.54, 1.807) is 7.11 Å². The molecule has 0 radical (unpaired) electrons. The van der Waals surface area contributed by atoms with Crippen LogP contribution in [0.5, 0.6) is 5.75 Å². The van der Waals surface area contributed by atoms with Gasteiger partial charge in [-0.05, 0) is 36.1 Å². The minimum absolute atomic E-state index is 0.467. The quantitative estimate of drug-likeness (QED) is 0.862. The Morgan fingerprint density at radius 1 is 1.41 bits per heavy atom. The molecule has 1 atom stereocenters. The molecule has 0 saturated heterocycles.